The van der Waals surface area contributed by atoms with Crippen molar-refractivity contribution in [1.29, 1.82) is 0 Å². The quantitative estimate of drug-likeness (QED) is 0.398. The van der Waals surface area contributed by atoms with E-state index in [2.05, 4.69) is 11.8 Å². The highest BCUT2D eigenvalue weighted by atomic mass is 32.2. The second-order valence-electron chi connectivity index (χ2n) is 6.03. The molecule has 1 fully saturated rings. The minimum Gasteiger partial charge on any atom is -0.481 e. The summed E-state index contributed by atoms with van der Waals surface area (Å²) < 4.78 is 56.0. The number of carbonyl (C=O) groups excluding carboxylic acids is 1. The van der Waals surface area contributed by atoms with Crippen LogP contribution in [0.2, 0.25) is 0 Å². The number of ether oxygens (including phenoxy) is 1. The predicted molar refractivity (Wildman–Crippen MR) is 97.7 cm³/mol. The summed E-state index contributed by atoms with van der Waals surface area (Å²) in [6, 6.07) is 5.26. The Kier molecular flexibility index (Phi) is 6.86. The zero-order chi connectivity index (χ0) is 20.1. The van der Waals surface area contributed by atoms with E-state index in [1.807, 2.05) is 0 Å². The zero-order valence-electron chi connectivity index (χ0n) is 14.7. The third kappa shape index (κ3) is 4.80. The van der Waals surface area contributed by atoms with E-state index in [0.717, 1.165) is 0 Å². The van der Waals surface area contributed by atoms with E-state index in [0.29, 0.717) is 18.6 Å². The molecule has 1 aliphatic heterocycles. The van der Waals surface area contributed by atoms with E-state index >= 15 is 0 Å². The molecule has 0 bridgehead atoms. The molecule has 0 radical (unpaired) electrons. The molecule has 0 aliphatic carbocycles. The largest absolute Gasteiger partial charge is 0.481 e. The lowest BCUT2D eigenvalue weighted by Crippen LogP contribution is -2.51. The van der Waals surface area contributed by atoms with E-state index in [1.54, 1.807) is 6.92 Å². The van der Waals surface area contributed by atoms with Crippen LogP contribution in [0.25, 0.3) is 0 Å². The van der Waals surface area contributed by atoms with Gasteiger partial charge in [-0.15, -0.1) is 5.92 Å². The highest BCUT2D eigenvalue weighted by Crippen LogP contribution is 2.30. The number of carbonyl (C=O) groups is 1. The van der Waals surface area contributed by atoms with E-state index in [1.165, 1.54) is 29.7 Å². The summed E-state index contributed by atoms with van der Waals surface area (Å²) in [7, 11) is -8.14. The highest BCUT2D eigenvalue weighted by Gasteiger charge is 2.47. The van der Waals surface area contributed by atoms with Crippen LogP contribution in [-0.4, -0.2) is 50.8 Å². The third-order valence-electron chi connectivity index (χ3n) is 4.31. The van der Waals surface area contributed by atoms with E-state index < -0.39 is 36.1 Å². The topological polar surface area (TPSA) is 127 Å². The van der Waals surface area contributed by atoms with E-state index in [-0.39, 0.29) is 23.7 Å². The van der Waals surface area contributed by atoms with E-state index in [4.69, 9.17) is 9.94 Å². The van der Waals surface area contributed by atoms with Crippen molar-refractivity contribution < 1.29 is 31.6 Å². The van der Waals surface area contributed by atoms with Gasteiger partial charge in [0.1, 0.15) is 12.4 Å². The Morgan fingerprint density at radius 1 is 1.33 bits per heavy atom. The molecule has 1 heterocycles. The van der Waals surface area contributed by atoms with Crippen molar-refractivity contribution in [3.63, 3.8) is 0 Å². The average molecular weight is 415 g/mol. The Balaban J connectivity index is 2.39. The molecular formula is C17H21NO7S2. The maximum atomic E-state index is 13.0. The third-order valence-corrected chi connectivity index (χ3v) is 8.91. The summed E-state index contributed by atoms with van der Waals surface area (Å²) >= 11 is 0. The van der Waals surface area contributed by atoms with Gasteiger partial charge in [-0.3, -0.25) is 10.0 Å². The lowest BCUT2D eigenvalue weighted by molar-refractivity contribution is -0.128. The summed E-state index contributed by atoms with van der Waals surface area (Å²) in [5.74, 6) is 4.28. The fourth-order valence-corrected chi connectivity index (χ4v) is 7.52. The molecule has 0 aromatic heterocycles. The Morgan fingerprint density at radius 2 is 2.00 bits per heavy atom. The van der Waals surface area contributed by atoms with Gasteiger partial charge in [0, 0.05) is 0 Å². The lowest BCUT2D eigenvalue weighted by atomic mass is 10.1. The Labute approximate surface area is 158 Å². The number of benzene rings is 1. The van der Waals surface area contributed by atoms with Crippen LogP contribution in [0.15, 0.2) is 29.2 Å². The maximum absolute atomic E-state index is 13.0. The van der Waals surface area contributed by atoms with Crippen molar-refractivity contribution in [3.8, 4) is 17.6 Å². The molecule has 2 rings (SSSR count). The van der Waals surface area contributed by atoms with Crippen molar-refractivity contribution in [1.82, 2.24) is 5.48 Å². The number of sulfone groups is 2. The normalized spacial score (nSPS) is 20.0. The van der Waals surface area contributed by atoms with E-state index in [9.17, 15) is 21.6 Å². The number of rotatable bonds is 6. The average Bonchev–Trinajstić information content (AvgIpc) is 2.63. The molecule has 0 spiro atoms. The van der Waals surface area contributed by atoms with Crippen molar-refractivity contribution in [2.45, 2.75) is 41.6 Å². The highest BCUT2D eigenvalue weighted by molar-refractivity contribution is 7.96. The first-order valence-corrected chi connectivity index (χ1v) is 11.5. The molecule has 1 aliphatic rings. The van der Waals surface area contributed by atoms with Crippen LogP contribution >= 0.6 is 0 Å². The van der Waals surface area contributed by atoms with Gasteiger partial charge in [-0.05, 0) is 44.0 Å². The minimum atomic E-state index is -4.36. The second-order valence-corrected chi connectivity index (χ2v) is 10.4. The zero-order valence-corrected chi connectivity index (χ0v) is 16.3. The van der Waals surface area contributed by atoms with Crippen LogP contribution in [0.5, 0.6) is 5.75 Å². The van der Waals surface area contributed by atoms with Crippen LogP contribution < -0.4 is 10.2 Å². The van der Waals surface area contributed by atoms with Gasteiger partial charge in [-0.1, -0.05) is 12.3 Å². The summed E-state index contributed by atoms with van der Waals surface area (Å²) in [4.78, 5) is 11.9. The summed E-state index contributed by atoms with van der Waals surface area (Å²) in [5.41, 5.74) is 1.30. The van der Waals surface area contributed by atoms with Gasteiger partial charge in [-0.25, -0.2) is 22.3 Å². The first-order chi connectivity index (χ1) is 12.7. The summed E-state index contributed by atoms with van der Waals surface area (Å²) in [6.07, 6.45) is 0.940. The van der Waals surface area contributed by atoms with Crippen molar-refractivity contribution >= 4 is 25.6 Å². The summed E-state index contributed by atoms with van der Waals surface area (Å²) in [5, 5.41) is 5.66. The van der Waals surface area contributed by atoms with Crippen molar-refractivity contribution in [2.24, 2.45) is 0 Å². The van der Waals surface area contributed by atoms with Crippen molar-refractivity contribution in [3.05, 3.63) is 24.3 Å². The Morgan fingerprint density at radius 3 is 2.56 bits per heavy atom. The van der Waals surface area contributed by atoms with Crippen LogP contribution in [-0.2, 0) is 24.5 Å². The fraction of sp³-hybridized carbons (Fsp3) is 0.471. The first-order valence-electron chi connectivity index (χ1n) is 8.26. The molecule has 1 amide bonds. The molecule has 148 valence electrons. The van der Waals surface area contributed by atoms with Gasteiger partial charge < -0.3 is 4.74 Å². The molecule has 1 aromatic rings. The molecule has 8 nitrogen and oxygen atoms in total. The SMILES string of the molecule is CC#CCOc1ccc(S(=O)(=O)C(C(=O)NO)C2CCCCS2(=O)=O)cc1. The fourth-order valence-electron chi connectivity index (χ4n) is 2.96. The minimum absolute atomic E-state index is 0.0382. The predicted octanol–water partition coefficient (Wildman–Crippen LogP) is 0.704. The number of nitrogens with one attached hydrogen (secondary N) is 1. The molecule has 2 atom stereocenters. The van der Waals surface area contributed by atoms with Gasteiger partial charge in [0.25, 0.3) is 5.91 Å². The number of hydrogen-bond acceptors (Lipinski definition) is 7. The molecule has 2 N–H and O–H groups in total. The van der Waals surface area contributed by atoms with Crippen LogP contribution in [0, 0.1) is 11.8 Å². The van der Waals surface area contributed by atoms with Gasteiger partial charge in [0.2, 0.25) is 0 Å². The van der Waals surface area contributed by atoms with Gasteiger partial charge in [0.15, 0.2) is 24.9 Å². The smallest absolute Gasteiger partial charge is 0.263 e. The summed E-state index contributed by atoms with van der Waals surface area (Å²) in [6.45, 7) is 1.79. The monoisotopic (exact) mass is 415 g/mol. The van der Waals surface area contributed by atoms with Crippen molar-refractivity contribution in [2.75, 3.05) is 12.4 Å². The van der Waals surface area contributed by atoms with Crippen LogP contribution in [0.3, 0.4) is 0 Å². The first kappa shape index (κ1) is 21.2. The van der Waals surface area contributed by atoms with Gasteiger partial charge in [-0.2, -0.15) is 0 Å². The molecular weight excluding hydrogens is 394 g/mol. The number of hydrogen-bond donors (Lipinski definition) is 2. The second kappa shape index (κ2) is 8.73. The van der Waals surface area contributed by atoms with Gasteiger partial charge in [0.05, 0.1) is 15.9 Å². The molecule has 1 saturated heterocycles. The Hall–Kier alpha value is -2.09. The van der Waals surface area contributed by atoms with Crippen LogP contribution in [0.4, 0.5) is 0 Å². The maximum Gasteiger partial charge on any atom is 0.263 e. The standard InChI is InChI=1S/C17H21NO7S2/c1-2-3-11-25-13-7-9-14(10-8-13)27(23,24)16(17(19)18-20)15-6-4-5-12-26(15,21)22/h7-10,15-16,20H,4-6,11-12H2,1H3,(H,18,19). The molecule has 10 heteroatoms. The lowest BCUT2D eigenvalue weighted by Gasteiger charge is -2.28. The molecule has 0 saturated carbocycles. The molecule has 27 heavy (non-hydrogen) atoms. The number of hydroxylamine groups is 1. The molecule has 2 unspecified atom stereocenters. The number of amides is 1. The van der Waals surface area contributed by atoms with Gasteiger partial charge >= 0.3 is 0 Å². The van der Waals surface area contributed by atoms with Crippen LogP contribution in [0.1, 0.15) is 26.2 Å². The Bertz CT molecular complexity index is 941. The molecule has 1 aromatic carbocycles.